The van der Waals surface area contributed by atoms with Crippen molar-refractivity contribution in [3.05, 3.63) is 53.1 Å². The summed E-state index contributed by atoms with van der Waals surface area (Å²) in [5.74, 6) is 0.917. The average molecular weight is 459 g/mol. The minimum Gasteiger partial charge on any atom is -0.486 e. The highest BCUT2D eigenvalue weighted by atomic mass is 32.2. The Morgan fingerprint density at radius 3 is 2.41 bits per heavy atom. The van der Waals surface area contributed by atoms with Gasteiger partial charge in [0, 0.05) is 38.7 Å². The number of ether oxygens (including phenoxy) is 2. The molecule has 172 valence electrons. The van der Waals surface area contributed by atoms with Crippen LogP contribution in [0.2, 0.25) is 0 Å². The van der Waals surface area contributed by atoms with Crippen LogP contribution in [0.25, 0.3) is 0 Å². The number of benzene rings is 2. The molecule has 2 aliphatic rings. The van der Waals surface area contributed by atoms with Crippen LogP contribution in [0.3, 0.4) is 0 Å². The molecule has 2 aliphatic heterocycles. The molecule has 0 N–H and O–H groups in total. The third kappa shape index (κ3) is 4.61. The monoisotopic (exact) mass is 458 g/mol. The number of nitrogens with zero attached hydrogens (tertiary/aromatic N) is 2. The minimum atomic E-state index is -3.65. The number of hydrogen-bond acceptors (Lipinski definition) is 5. The molecule has 1 amide bonds. The van der Waals surface area contributed by atoms with E-state index in [0.717, 1.165) is 5.56 Å². The Balaban J connectivity index is 1.38. The number of rotatable bonds is 5. The lowest BCUT2D eigenvalue weighted by atomic mass is 9.96. The second-order valence-electron chi connectivity index (χ2n) is 8.61. The summed E-state index contributed by atoms with van der Waals surface area (Å²) in [6.07, 6.45) is 1.03. The van der Waals surface area contributed by atoms with Crippen LogP contribution >= 0.6 is 0 Å². The molecule has 0 aromatic heterocycles. The van der Waals surface area contributed by atoms with E-state index in [0.29, 0.717) is 57.2 Å². The zero-order chi connectivity index (χ0) is 22.9. The Morgan fingerprint density at radius 1 is 1.03 bits per heavy atom. The van der Waals surface area contributed by atoms with E-state index in [1.807, 2.05) is 7.05 Å². The summed E-state index contributed by atoms with van der Waals surface area (Å²) < 4.78 is 38.7. The summed E-state index contributed by atoms with van der Waals surface area (Å²) in [5.41, 5.74) is 3.50. The van der Waals surface area contributed by atoms with E-state index in [1.165, 1.54) is 21.5 Å². The van der Waals surface area contributed by atoms with E-state index in [-0.39, 0.29) is 16.7 Å². The SMILES string of the molecule is Cc1ccc(CN(C)C(=O)C2CCN(S(=O)(=O)c3ccc4c(c3)OCCO4)CC2)c(C)c1. The first kappa shape index (κ1) is 22.6. The van der Waals surface area contributed by atoms with Crippen LogP contribution in [0.4, 0.5) is 0 Å². The van der Waals surface area contributed by atoms with Crippen molar-refractivity contribution in [2.24, 2.45) is 5.92 Å². The highest BCUT2D eigenvalue weighted by Crippen LogP contribution is 2.34. The van der Waals surface area contributed by atoms with Gasteiger partial charge in [-0.25, -0.2) is 8.42 Å². The Kier molecular flexibility index (Phi) is 6.44. The maximum Gasteiger partial charge on any atom is 0.243 e. The molecule has 7 nitrogen and oxygen atoms in total. The van der Waals surface area contributed by atoms with Gasteiger partial charge in [-0.3, -0.25) is 4.79 Å². The van der Waals surface area contributed by atoms with Crippen molar-refractivity contribution in [3.8, 4) is 11.5 Å². The number of piperidine rings is 1. The molecule has 2 aromatic carbocycles. The van der Waals surface area contributed by atoms with Crippen molar-refractivity contribution in [3.63, 3.8) is 0 Å². The van der Waals surface area contributed by atoms with Crippen molar-refractivity contribution >= 4 is 15.9 Å². The molecule has 4 rings (SSSR count). The number of carbonyl (C=O) groups excluding carboxylic acids is 1. The molecule has 0 atom stereocenters. The van der Waals surface area contributed by atoms with Gasteiger partial charge in [-0.15, -0.1) is 0 Å². The lowest BCUT2D eigenvalue weighted by molar-refractivity contribution is -0.135. The standard InChI is InChI=1S/C24H30N2O5S/c1-17-4-5-20(18(2)14-17)16-25(3)24(27)19-8-10-26(11-9-19)32(28,29)21-6-7-22-23(15-21)31-13-12-30-22/h4-7,14-15,19H,8-13,16H2,1-3H3. The van der Waals surface area contributed by atoms with Gasteiger partial charge in [-0.05, 0) is 49.9 Å². The second kappa shape index (κ2) is 9.11. The van der Waals surface area contributed by atoms with Gasteiger partial charge in [0.15, 0.2) is 11.5 Å². The van der Waals surface area contributed by atoms with Gasteiger partial charge in [-0.2, -0.15) is 4.31 Å². The lowest BCUT2D eigenvalue weighted by Gasteiger charge is -2.33. The molecule has 0 aliphatic carbocycles. The van der Waals surface area contributed by atoms with Crippen molar-refractivity contribution in [2.75, 3.05) is 33.4 Å². The summed E-state index contributed by atoms with van der Waals surface area (Å²) in [4.78, 5) is 14.9. The van der Waals surface area contributed by atoms with Crippen molar-refractivity contribution < 1.29 is 22.7 Å². The fourth-order valence-corrected chi connectivity index (χ4v) is 5.83. The molecular weight excluding hydrogens is 428 g/mol. The van der Waals surface area contributed by atoms with Crippen molar-refractivity contribution in [1.29, 1.82) is 0 Å². The van der Waals surface area contributed by atoms with E-state index in [1.54, 1.807) is 17.0 Å². The zero-order valence-corrected chi connectivity index (χ0v) is 19.7. The molecule has 8 heteroatoms. The maximum absolute atomic E-state index is 13.1. The predicted octanol–water partition coefficient (Wildman–Crippen LogP) is 3.13. The van der Waals surface area contributed by atoms with E-state index >= 15 is 0 Å². The van der Waals surface area contributed by atoms with E-state index < -0.39 is 10.0 Å². The highest BCUT2D eigenvalue weighted by molar-refractivity contribution is 7.89. The second-order valence-corrected chi connectivity index (χ2v) is 10.5. The molecule has 0 radical (unpaired) electrons. The number of sulfonamides is 1. The van der Waals surface area contributed by atoms with Crippen LogP contribution in [0.5, 0.6) is 11.5 Å². The van der Waals surface area contributed by atoms with Crippen LogP contribution in [-0.4, -0.2) is 56.9 Å². The molecule has 32 heavy (non-hydrogen) atoms. The summed E-state index contributed by atoms with van der Waals surface area (Å²) in [6, 6.07) is 11.0. The Hall–Kier alpha value is -2.58. The molecule has 0 bridgehead atoms. The average Bonchev–Trinajstić information content (AvgIpc) is 2.80. The Morgan fingerprint density at radius 2 is 1.72 bits per heavy atom. The van der Waals surface area contributed by atoms with Crippen LogP contribution in [-0.2, 0) is 21.4 Å². The Bertz CT molecular complexity index is 1110. The quantitative estimate of drug-likeness (QED) is 0.688. The van der Waals surface area contributed by atoms with Gasteiger partial charge in [0.25, 0.3) is 0 Å². The molecule has 0 spiro atoms. The van der Waals surface area contributed by atoms with Crippen LogP contribution in [0.1, 0.15) is 29.5 Å². The summed E-state index contributed by atoms with van der Waals surface area (Å²) in [7, 11) is -1.83. The van der Waals surface area contributed by atoms with Crippen molar-refractivity contribution in [2.45, 2.75) is 38.1 Å². The molecule has 2 aromatic rings. The van der Waals surface area contributed by atoms with Gasteiger partial charge in [0.1, 0.15) is 13.2 Å². The number of hydrogen-bond donors (Lipinski definition) is 0. The van der Waals surface area contributed by atoms with Gasteiger partial charge < -0.3 is 14.4 Å². The third-order valence-electron chi connectivity index (χ3n) is 6.24. The topological polar surface area (TPSA) is 76.2 Å². The number of amides is 1. The van der Waals surface area contributed by atoms with E-state index in [4.69, 9.17) is 9.47 Å². The summed E-state index contributed by atoms with van der Waals surface area (Å²) >= 11 is 0. The van der Waals surface area contributed by atoms with Gasteiger partial charge >= 0.3 is 0 Å². The normalized spacial score (nSPS) is 17.2. The largest absolute Gasteiger partial charge is 0.486 e. The number of fused-ring (bicyclic) bond motifs is 1. The van der Waals surface area contributed by atoms with Gasteiger partial charge in [0.2, 0.25) is 15.9 Å². The first-order chi connectivity index (χ1) is 15.3. The fourth-order valence-electron chi connectivity index (χ4n) is 4.34. The Labute approximate surface area is 190 Å². The molecule has 1 fully saturated rings. The molecule has 2 heterocycles. The van der Waals surface area contributed by atoms with Gasteiger partial charge in [-0.1, -0.05) is 23.8 Å². The van der Waals surface area contributed by atoms with E-state index in [2.05, 4.69) is 32.0 Å². The lowest BCUT2D eigenvalue weighted by Crippen LogP contribution is -2.43. The predicted molar refractivity (Wildman–Crippen MR) is 121 cm³/mol. The van der Waals surface area contributed by atoms with Crippen LogP contribution < -0.4 is 9.47 Å². The van der Waals surface area contributed by atoms with Gasteiger partial charge in [0.05, 0.1) is 4.90 Å². The molecule has 1 saturated heterocycles. The maximum atomic E-state index is 13.1. The van der Waals surface area contributed by atoms with Crippen LogP contribution in [0.15, 0.2) is 41.3 Å². The first-order valence-corrected chi connectivity index (χ1v) is 12.4. The first-order valence-electron chi connectivity index (χ1n) is 11.0. The number of carbonyl (C=O) groups is 1. The third-order valence-corrected chi connectivity index (χ3v) is 8.13. The molecule has 0 saturated carbocycles. The van der Waals surface area contributed by atoms with Crippen molar-refractivity contribution in [1.82, 2.24) is 9.21 Å². The zero-order valence-electron chi connectivity index (χ0n) is 18.8. The fraction of sp³-hybridized carbons (Fsp3) is 0.458. The minimum absolute atomic E-state index is 0.0707. The smallest absolute Gasteiger partial charge is 0.243 e. The molecule has 0 unspecified atom stereocenters. The number of aryl methyl sites for hydroxylation is 2. The van der Waals surface area contributed by atoms with E-state index in [9.17, 15) is 13.2 Å². The highest BCUT2D eigenvalue weighted by Gasteiger charge is 2.34. The summed E-state index contributed by atoms with van der Waals surface area (Å²) in [5, 5.41) is 0. The summed E-state index contributed by atoms with van der Waals surface area (Å²) in [6.45, 7) is 6.17. The molecular formula is C24H30N2O5S. The van der Waals surface area contributed by atoms with Crippen LogP contribution in [0, 0.1) is 19.8 Å².